The van der Waals surface area contributed by atoms with Gasteiger partial charge in [-0.15, -0.1) is 0 Å². The zero-order chi connectivity index (χ0) is 16.7. The lowest BCUT2D eigenvalue weighted by Gasteiger charge is -2.18. The van der Waals surface area contributed by atoms with Crippen LogP contribution in [-0.2, 0) is 12.8 Å². The average molecular weight is 319 g/mol. The third-order valence-corrected chi connectivity index (χ3v) is 4.32. The van der Waals surface area contributed by atoms with Crippen molar-refractivity contribution in [2.24, 2.45) is 0 Å². The molecule has 1 aliphatic rings. The lowest BCUT2D eigenvalue weighted by atomic mass is 9.89. The van der Waals surface area contributed by atoms with E-state index in [1.807, 2.05) is 24.3 Å². The van der Waals surface area contributed by atoms with Crippen molar-refractivity contribution in [2.75, 3.05) is 0 Å². The molecule has 0 unspecified atom stereocenters. The van der Waals surface area contributed by atoms with Gasteiger partial charge in [-0.1, -0.05) is 36.4 Å². The molecule has 2 aromatic carbocycles. The maximum atomic E-state index is 12.5. The first-order valence-corrected chi connectivity index (χ1v) is 7.64. The first-order chi connectivity index (χ1) is 11.6. The number of nitro benzene ring substituents is 1. The van der Waals surface area contributed by atoms with E-state index in [9.17, 15) is 14.9 Å². The molecule has 0 N–H and O–H groups in total. The molecular weight excluding hydrogens is 306 g/mol. The van der Waals surface area contributed by atoms with Crippen molar-refractivity contribution in [1.82, 2.24) is 0 Å². The molecular formula is C19H13NO4. The molecule has 1 aromatic heterocycles. The van der Waals surface area contributed by atoms with E-state index in [1.54, 1.807) is 18.2 Å². The minimum absolute atomic E-state index is 0.0790. The Morgan fingerprint density at radius 1 is 0.958 bits per heavy atom. The van der Waals surface area contributed by atoms with Gasteiger partial charge in [0, 0.05) is 23.3 Å². The summed E-state index contributed by atoms with van der Waals surface area (Å²) in [6, 6.07) is 15.4. The summed E-state index contributed by atoms with van der Waals surface area (Å²) >= 11 is 0. The summed E-state index contributed by atoms with van der Waals surface area (Å²) < 4.78 is 5.98. The Bertz CT molecular complexity index is 1020. The monoisotopic (exact) mass is 319 g/mol. The molecule has 0 saturated carbocycles. The third-order valence-electron chi connectivity index (χ3n) is 4.32. The Balaban J connectivity index is 1.98. The second-order valence-corrected chi connectivity index (χ2v) is 5.71. The summed E-state index contributed by atoms with van der Waals surface area (Å²) in [4.78, 5) is 23.3. The van der Waals surface area contributed by atoms with Crippen molar-refractivity contribution in [3.63, 3.8) is 0 Å². The highest BCUT2D eigenvalue weighted by molar-refractivity contribution is 5.73. The Morgan fingerprint density at radius 3 is 2.46 bits per heavy atom. The van der Waals surface area contributed by atoms with Gasteiger partial charge < -0.3 is 4.42 Å². The van der Waals surface area contributed by atoms with Crippen molar-refractivity contribution in [1.29, 1.82) is 0 Å². The van der Waals surface area contributed by atoms with E-state index in [0.29, 0.717) is 23.3 Å². The normalized spacial score (nSPS) is 12.3. The Labute approximate surface area is 137 Å². The summed E-state index contributed by atoms with van der Waals surface area (Å²) in [6.07, 6.45) is 1.41. The molecule has 0 aliphatic heterocycles. The van der Waals surface area contributed by atoms with Crippen molar-refractivity contribution >= 4 is 5.69 Å². The molecule has 1 heterocycles. The Kier molecular flexibility index (Phi) is 3.27. The maximum absolute atomic E-state index is 12.5. The van der Waals surface area contributed by atoms with Gasteiger partial charge in [0.2, 0.25) is 0 Å². The molecule has 1 aliphatic carbocycles. The minimum Gasteiger partial charge on any atom is -0.455 e. The highest BCUT2D eigenvalue weighted by Crippen LogP contribution is 2.36. The summed E-state index contributed by atoms with van der Waals surface area (Å²) in [5, 5.41) is 11.3. The summed E-state index contributed by atoms with van der Waals surface area (Å²) in [7, 11) is 0. The summed E-state index contributed by atoms with van der Waals surface area (Å²) in [6.45, 7) is 0. The van der Waals surface area contributed by atoms with E-state index in [2.05, 4.69) is 0 Å². The van der Waals surface area contributed by atoms with Crippen LogP contribution in [-0.4, -0.2) is 4.92 Å². The smallest absolute Gasteiger partial charge is 0.280 e. The van der Waals surface area contributed by atoms with Crippen LogP contribution in [0.15, 0.2) is 63.8 Å². The number of fused-ring (bicyclic) bond motifs is 3. The molecule has 5 heteroatoms. The van der Waals surface area contributed by atoms with Gasteiger partial charge in [0.05, 0.1) is 10.5 Å². The molecule has 118 valence electrons. The van der Waals surface area contributed by atoms with E-state index >= 15 is 0 Å². The van der Waals surface area contributed by atoms with Crippen LogP contribution in [0, 0.1) is 10.1 Å². The van der Waals surface area contributed by atoms with Gasteiger partial charge in [-0.05, 0) is 24.5 Å². The molecule has 0 atom stereocenters. The zero-order valence-electron chi connectivity index (χ0n) is 12.7. The fraction of sp³-hybridized carbons (Fsp3) is 0.105. The molecule has 3 aromatic rings. The highest BCUT2D eigenvalue weighted by atomic mass is 16.6. The standard InChI is InChI=1S/C19H13NO4/c21-17-11-18(14-7-3-4-8-16(14)20(22)23)24-19-13-6-2-1-5-12(13)9-10-15(17)19/h1-8,11H,9-10H2. The molecule has 5 nitrogen and oxygen atoms in total. The van der Waals surface area contributed by atoms with Crippen molar-refractivity contribution in [3.8, 4) is 22.6 Å². The summed E-state index contributed by atoms with van der Waals surface area (Å²) in [5.74, 6) is 0.750. The van der Waals surface area contributed by atoms with Crippen LogP contribution < -0.4 is 5.43 Å². The van der Waals surface area contributed by atoms with Crippen LogP contribution in [0.1, 0.15) is 11.1 Å². The Morgan fingerprint density at radius 2 is 1.67 bits per heavy atom. The lowest BCUT2D eigenvalue weighted by molar-refractivity contribution is -0.384. The van der Waals surface area contributed by atoms with Crippen LogP contribution in [0.4, 0.5) is 5.69 Å². The van der Waals surface area contributed by atoms with Gasteiger partial charge in [0.1, 0.15) is 11.5 Å². The number of benzene rings is 2. The second kappa shape index (κ2) is 5.45. The fourth-order valence-corrected chi connectivity index (χ4v) is 3.17. The molecule has 0 saturated heterocycles. The van der Waals surface area contributed by atoms with Crippen molar-refractivity contribution in [2.45, 2.75) is 12.8 Å². The maximum Gasteiger partial charge on any atom is 0.280 e. The fourth-order valence-electron chi connectivity index (χ4n) is 3.17. The van der Waals surface area contributed by atoms with E-state index in [-0.39, 0.29) is 16.9 Å². The number of nitrogens with zero attached hydrogens (tertiary/aromatic N) is 1. The van der Waals surface area contributed by atoms with Gasteiger partial charge in [0.25, 0.3) is 5.69 Å². The van der Waals surface area contributed by atoms with Crippen LogP contribution >= 0.6 is 0 Å². The molecule has 0 spiro atoms. The number of aryl methyl sites for hydroxylation is 1. The van der Waals surface area contributed by atoms with Crippen LogP contribution in [0.5, 0.6) is 0 Å². The first kappa shape index (κ1) is 14.4. The van der Waals surface area contributed by atoms with Gasteiger partial charge in [-0.2, -0.15) is 0 Å². The number of rotatable bonds is 2. The highest BCUT2D eigenvalue weighted by Gasteiger charge is 2.24. The number of para-hydroxylation sites is 1. The SMILES string of the molecule is O=c1cc(-c2ccccc2[N+](=O)[O-])oc2c1CCc1ccccc1-2. The quantitative estimate of drug-likeness (QED) is 0.529. The predicted molar refractivity (Wildman–Crippen MR) is 89.9 cm³/mol. The van der Waals surface area contributed by atoms with Gasteiger partial charge in [-0.3, -0.25) is 14.9 Å². The second-order valence-electron chi connectivity index (χ2n) is 5.71. The molecule has 0 amide bonds. The van der Waals surface area contributed by atoms with Crippen molar-refractivity contribution < 1.29 is 9.34 Å². The minimum atomic E-state index is -0.470. The van der Waals surface area contributed by atoms with Crippen LogP contribution in [0.2, 0.25) is 0 Å². The molecule has 0 fully saturated rings. The summed E-state index contributed by atoms with van der Waals surface area (Å²) in [5.41, 5.74) is 2.73. The number of nitro groups is 1. The molecule has 4 rings (SSSR count). The Hall–Kier alpha value is -3.21. The van der Waals surface area contributed by atoms with E-state index < -0.39 is 4.92 Å². The van der Waals surface area contributed by atoms with E-state index in [4.69, 9.17) is 4.42 Å². The average Bonchev–Trinajstić information content (AvgIpc) is 2.61. The van der Waals surface area contributed by atoms with E-state index in [0.717, 1.165) is 17.5 Å². The van der Waals surface area contributed by atoms with Gasteiger partial charge in [-0.25, -0.2) is 0 Å². The first-order valence-electron chi connectivity index (χ1n) is 7.64. The molecule has 0 bridgehead atoms. The molecule has 0 radical (unpaired) electrons. The molecule has 24 heavy (non-hydrogen) atoms. The van der Waals surface area contributed by atoms with Crippen LogP contribution in [0.3, 0.4) is 0 Å². The third kappa shape index (κ3) is 2.22. The van der Waals surface area contributed by atoms with Gasteiger partial charge in [0.15, 0.2) is 5.43 Å². The lowest BCUT2D eigenvalue weighted by Crippen LogP contribution is -2.15. The van der Waals surface area contributed by atoms with Gasteiger partial charge >= 0.3 is 0 Å². The van der Waals surface area contributed by atoms with Crippen molar-refractivity contribution in [3.05, 3.63) is 86.1 Å². The number of hydrogen-bond donors (Lipinski definition) is 0. The van der Waals surface area contributed by atoms with E-state index in [1.165, 1.54) is 12.1 Å². The predicted octanol–water partition coefficient (Wildman–Crippen LogP) is 3.98. The number of hydrogen-bond acceptors (Lipinski definition) is 4. The largest absolute Gasteiger partial charge is 0.455 e. The topological polar surface area (TPSA) is 73.3 Å². The zero-order valence-corrected chi connectivity index (χ0v) is 12.7. The van der Waals surface area contributed by atoms with Crippen LogP contribution in [0.25, 0.3) is 22.6 Å².